The fourth-order valence-electron chi connectivity index (χ4n) is 2.12. The molecular weight excluding hydrogens is 290 g/mol. The first-order valence-corrected chi connectivity index (χ1v) is 7.13. The van der Waals surface area contributed by atoms with Crippen LogP contribution in [0.2, 0.25) is 5.02 Å². The van der Waals surface area contributed by atoms with Crippen LogP contribution in [0.3, 0.4) is 0 Å². The van der Waals surface area contributed by atoms with Gasteiger partial charge in [0, 0.05) is 25.0 Å². The lowest BCUT2D eigenvalue weighted by molar-refractivity contribution is 0.354. The van der Waals surface area contributed by atoms with Crippen molar-refractivity contribution in [2.24, 2.45) is 0 Å². The van der Waals surface area contributed by atoms with E-state index in [0.717, 1.165) is 12.1 Å². The Kier molecular flexibility index (Phi) is 5.47. The second-order valence-corrected chi connectivity index (χ2v) is 5.23. The molecule has 5 nitrogen and oxygen atoms in total. The summed E-state index contributed by atoms with van der Waals surface area (Å²) in [7, 11) is 3.18. The highest BCUT2D eigenvalue weighted by Crippen LogP contribution is 2.35. The maximum Gasteiger partial charge on any atom is 0.179 e. The number of ether oxygens (including phenoxy) is 2. The number of rotatable bonds is 7. The van der Waals surface area contributed by atoms with Gasteiger partial charge in [-0.15, -0.1) is 0 Å². The van der Waals surface area contributed by atoms with Crippen LogP contribution in [0.4, 0.5) is 0 Å². The van der Waals surface area contributed by atoms with Crippen molar-refractivity contribution in [3.8, 4) is 11.5 Å². The quantitative estimate of drug-likeness (QED) is 0.854. The molecule has 6 heteroatoms. The molecule has 1 heterocycles. The van der Waals surface area contributed by atoms with Gasteiger partial charge in [0.25, 0.3) is 0 Å². The smallest absolute Gasteiger partial charge is 0.179 e. The van der Waals surface area contributed by atoms with E-state index in [9.17, 15) is 0 Å². The number of benzene rings is 1. The van der Waals surface area contributed by atoms with Crippen molar-refractivity contribution in [1.82, 2.24) is 15.1 Å². The van der Waals surface area contributed by atoms with Crippen molar-refractivity contribution in [3.63, 3.8) is 0 Å². The zero-order chi connectivity index (χ0) is 15.2. The molecule has 2 rings (SSSR count). The van der Waals surface area contributed by atoms with Gasteiger partial charge in [-0.1, -0.05) is 11.6 Å². The molecule has 0 bridgehead atoms. The summed E-state index contributed by atoms with van der Waals surface area (Å²) in [5.41, 5.74) is 1.05. The minimum Gasteiger partial charge on any atom is -0.493 e. The van der Waals surface area contributed by atoms with E-state index >= 15 is 0 Å². The molecule has 0 unspecified atom stereocenters. The first-order valence-electron chi connectivity index (χ1n) is 6.75. The van der Waals surface area contributed by atoms with Crippen LogP contribution in [-0.2, 0) is 13.1 Å². The molecule has 0 aliphatic heterocycles. The van der Waals surface area contributed by atoms with E-state index in [1.165, 1.54) is 0 Å². The van der Waals surface area contributed by atoms with Gasteiger partial charge in [0.2, 0.25) is 0 Å². The van der Waals surface area contributed by atoms with Crippen LogP contribution in [-0.4, -0.2) is 30.0 Å². The maximum absolute atomic E-state index is 6.20. The summed E-state index contributed by atoms with van der Waals surface area (Å²) in [4.78, 5) is 0. The standard InChI is InChI=1S/C15H20ClN3O2/c1-11(10-19-6-4-5-18-19)17-9-12-7-13(16)15(21-3)14(8-12)20-2/h4-8,11,17H,9-10H2,1-3H3/t11-/m1/s1. The van der Waals surface area contributed by atoms with Crippen LogP contribution in [0, 0.1) is 0 Å². The van der Waals surface area contributed by atoms with E-state index in [-0.39, 0.29) is 6.04 Å². The second-order valence-electron chi connectivity index (χ2n) is 4.82. The molecule has 114 valence electrons. The molecule has 0 fully saturated rings. The van der Waals surface area contributed by atoms with E-state index in [1.807, 2.05) is 29.1 Å². The summed E-state index contributed by atoms with van der Waals surface area (Å²) in [6, 6.07) is 6.02. The van der Waals surface area contributed by atoms with Crippen molar-refractivity contribution in [1.29, 1.82) is 0 Å². The summed E-state index contributed by atoms with van der Waals surface area (Å²) < 4.78 is 12.4. The van der Waals surface area contributed by atoms with Crippen LogP contribution in [0.15, 0.2) is 30.6 Å². The van der Waals surface area contributed by atoms with Gasteiger partial charge in [-0.05, 0) is 30.7 Å². The van der Waals surface area contributed by atoms with Crippen LogP contribution >= 0.6 is 11.6 Å². The molecule has 0 aliphatic rings. The predicted octanol–water partition coefficient (Wildman–Crippen LogP) is 2.73. The van der Waals surface area contributed by atoms with Gasteiger partial charge in [0.05, 0.1) is 25.8 Å². The Morgan fingerprint density at radius 3 is 2.76 bits per heavy atom. The number of hydrogen-bond donors (Lipinski definition) is 1. The molecule has 1 aromatic heterocycles. The van der Waals surface area contributed by atoms with Crippen LogP contribution in [0.5, 0.6) is 11.5 Å². The third-order valence-corrected chi connectivity index (χ3v) is 3.45. The number of hydrogen-bond acceptors (Lipinski definition) is 4. The molecule has 0 saturated heterocycles. The Balaban J connectivity index is 1.98. The Bertz CT molecular complexity index is 573. The second kappa shape index (κ2) is 7.33. The van der Waals surface area contributed by atoms with E-state index in [2.05, 4.69) is 17.3 Å². The Morgan fingerprint density at radius 1 is 1.33 bits per heavy atom. The number of nitrogens with zero attached hydrogens (tertiary/aromatic N) is 2. The molecule has 0 aliphatic carbocycles. The zero-order valence-electron chi connectivity index (χ0n) is 12.5. The molecule has 2 aromatic rings. The van der Waals surface area contributed by atoms with Crippen LogP contribution in [0.1, 0.15) is 12.5 Å². The highest BCUT2D eigenvalue weighted by molar-refractivity contribution is 6.32. The first-order chi connectivity index (χ1) is 10.1. The number of methoxy groups -OCH3 is 2. The van der Waals surface area contributed by atoms with Crippen molar-refractivity contribution in [2.45, 2.75) is 26.1 Å². The fourth-order valence-corrected chi connectivity index (χ4v) is 2.43. The average Bonchev–Trinajstić information content (AvgIpc) is 2.97. The largest absolute Gasteiger partial charge is 0.493 e. The minimum atomic E-state index is 0.289. The summed E-state index contributed by atoms with van der Waals surface area (Å²) in [6.45, 7) is 3.63. The van der Waals surface area contributed by atoms with Crippen molar-refractivity contribution >= 4 is 11.6 Å². The maximum atomic E-state index is 6.20. The summed E-state index contributed by atoms with van der Waals surface area (Å²) in [6.07, 6.45) is 3.73. The molecule has 0 radical (unpaired) electrons. The SMILES string of the molecule is COc1cc(CN[C@H](C)Cn2cccn2)cc(Cl)c1OC. The molecule has 0 spiro atoms. The van der Waals surface area contributed by atoms with Gasteiger partial charge in [-0.2, -0.15) is 5.10 Å². The number of aromatic nitrogens is 2. The molecule has 1 N–H and O–H groups in total. The third kappa shape index (κ3) is 4.12. The molecule has 1 aromatic carbocycles. The highest BCUT2D eigenvalue weighted by Gasteiger charge is 2.11. The van der Waals surface area contributed by atoms with E-state index < -0.39 is 0 Å². The van der Waals surface area contributed by atoms with Gasteiger partial charge >= 0.3 is 0 Å². The fraction of sp³-hybridized carbons (Fsp3) is 0.400. The third-order valence-electron chi connectivity index (χ3n) is 3.17. The molecule has 1 atom stereocenters. The Hall–Kier alpha value is -1.72. The summed E-state index contributed by atoms with van der Waals surface area (Å²) in [5, 5.41) is 8.18. The lowest BCUT2D eigenvalue weighted by atomic mass is 10.2. The van der Waals surface area contributed by atoms with Gasteiger partial charge in [-0.25, -0.2) is 0 Å². The van der Waals surface area contributed by atoms with Crippen LogP contribution in [0.25, 0.3) is 0 Å². The number of nitrogens with one attached hydrogen (secondary N) is 1. The lowest BCUT2D eigenvalue weighted by Gasteiger charge is -2.16. The lowest BCUT2D eigenvalue weighted by Crippen LogP contribution is -2.30. The zero-order valence-corrected chi connectivity index (χ0v) is 13.2. The molecule has 0 amide bonds. The normalized spacial score (nSPS) is 12.2. The summed E-state index contributed by atoms with van der Waals surface area (Å²) in [5.74, 6) is 1.20. The average molecular weight is 310 g/mol. The van der Waals surface area contributed by atoms with E-state index in [4.69, 9.17) is 21.1 Å². The van der Waals surface area contributed by atoms with E-state index in [1.54, 1.807) is 20.4 Å². The minimum absolute atomic E-state index is 0.289. The molecular formula is C15H20ClN3O2. The number of halogens is 1. The van der Waals surface area contributed by atoms with Gasteiger partial charge in [0.15, 0.2) is 11.5 Å². The van der Waals surface area contributed by atoms with Crippen molar-refractivity contribution in [3.05, 3.63) is 41.2 Å². The topological polar surface area (TPSA) is 48.3 Å². The predicted molar refractivity (Wildman–Crippen MR) is 83.1 cm³/mol. The highest BCUT2D eigenvalue weighted by atomic mass is 35.5. The first kappa shape index (κ1) is 15.7. The van der Waals surface area contributed by atoms with Crippen molar-refractivity contribution in [2.75, 3.05) is 14.2 Å². The van der Waals surface area contributed by atoms with E-state index in [0.29, 0.717) is 23.1 Å². The monoisotopic (exact) mass is 309 g/mol. The van der Waals surface area contributed by atoms with Gasteiger partial charge in [0.1, 0.15) is 0 Å². The summed E-state index contributed by atoms with van der Waals surface area (Å²) >= 11 is 6.20. The van der Waals surface area contributed by atoms with Gasteiger partial charge < -0.3 is 14.8 Å². The Labute approximate surface area is 129 Å². The van der Waals surface area contributed by atoms with Crippen LogP contribution < -0.4 is 14.8 Å². The molecule has 21 heavy (non-hydrogen) atoms. The van der Waals surface area contributed by atoms with Crippen molar-refractivity contribution < 1.29 is 9.47 Å². The Morgan fingerprint density at radius 2 is 2.14 bits per heavy atom. The molecule has 0 saturated carbocycles. The van der Waals surface area contributed by atoms with Gasteiger partial charge in [-0.3, -0.25) is 4.68 Å².